The minimum Gasteiger partial charge on any atom is -0.379 e. The zero-order chi connectivity index (χ0) is 19.4. The van der Waals surface area contributed by atoms with Crippen molar-refractivity contribution in [3.8, 4) is 0 Å². The molecule has 5 nitrogen and oxygen atoms in total. The summed E-state index contributed by atoms with van der Waals surface area (Å²) in [4.78, 5) is 7.33. The number of hydrogen-bond acceptors (Lipinski definition) is 3. The van der Waals surface area contributed by atoms with E-state index in [1.807, 2.05) is 0 Å². The summed E-state index contributed by atoms with van der Waals surface area (Å²) in [5.41, 5.74) is 2.59. The molecule has 2 aromatic carbocycles. The van der Waals surface area contributed by atoms with Crippen molar-refractivity contribution in [1.29, 1.82) is 0 Å². The summed E-state index contributed by atoms with van der Waals surface area (Å²) in [6.45, 7) is 9.26. The number of aliphatic imine (C=N–C) groups is 1. The van der Waals surface area contributed by atoms with Crippen molar-refractivity contribution in [1.82, 2.24) is 15.5 Å². The van der Waals surface area contributed by atoms with Gasteiger partial charge in [0.1, 0.15) is 0 Å². The molecule has 0 saturated carbocycles. The van der Waals surface area contributed by atoms with Gasteiger partial charge in [0.25, 0.3) is 0 Å². The zero-order valence-electron chi connectivity index (χ0n) is 16.8. The Morgan fingerprint density at radius 3 is 2.14 bits per heavy atom. The predicted molar refractivity (Wildman–Crippen MR) is 116 cm³/mol. The third-order valence-corrected chi connectivity index (χ3v) is 5.00. The Labute approximate surface area is 168 Å². The van der Waals surface area contributed by atoms with E-state index < -0.39 is 0 Å². The van der Waals surface area contributed by atoms with Crippen molar-refractivity contribution < 1.29 is 4.74 Å². The summed E-state index contributed by atoms with van der Waals surface area (Å²) in [6, 6.07) is 21.3. The molecule has 0 bridgehead atoms. The fourth-order valence-electron chi connectivity index (χ4n) is 3.46. The van der Waals surface area contributed by atoms with E-state index in [9.17, 15) is 0 Å². The highest BCUT2D eigenvalue weighted by atomic mass is 16.5. The lowest BCUT2D eigenvalue weighted by Gasteiger charge is -2.26. The average molecular weight is 381 g/mol. The Morgan fingerprint density at radius 1 is 0.964 bits per heavy atom. The van der Waals surface area contributed by atoms with E-state index in [0.29, 0.717) is 6.54 Å². The second-order valence-electron chi connectivity index (χ2n) is 6.97. The minimum absolute atomic E-state index is 0.247. The zero-order valence-corrected chi connectivity index (χ0v) is 16.8. The van der Waals surface area contributed by atoms with Crippen LogP contribution in [-0.2, 0) is 4.74 Å². The highest BCUT2D eigenvalue weighted by Crippen LogP contribution is 2.24. The molecule has 150 valence electrons. The Hall–Kier alpha value is -2.37. The fraction of sp³-hybridized carbons (Fsp3) is 0.435. The molecule has 2 aromatic rings. The molecule has 0 radical (unpaired) electrons. The molecule has 28 heavy (non-hydrogen) atoms. The predicted octanol–water partition coefficient (Wildman–Crippen LogP) is 2.71. The first-order chi connectivity index (χ1) is 13.9. The van der Waals surface area contributed by atoms with E-state index in [2.05, 4.69) is 83.1 Å². The van der Waals surface area contributed by atoms with Crippen molar-refractivity contribution in [3.05, 3.63) is 71.8 Å². The Kier molecular flexibility index (Phi) is 8.34. The van der Waals surface area contributed by atoms with Gasteiger partial charge in [-0.15, -0.1) is 0 Å². The molecule has 0 amide bonds. The number of morpholine rings is 1. The molecule has 5 heteroatoms. The van der Waals surface area contributed by atoms with Gasteiger partial charge in [0.15, 0.2) is 5.96 Å². The average Bonchev–Trinajstić information content (AvgIpc) is 2.76. The maximum Gasteiger partial charge on any atom is 0.191 e. The van der Waals surface area contributed by atoms with E-state index in [-0.39, 0.29) is 5.92 Å². The third kappa shape index (κ3) is 6.36. The molecule has 0 aliphatic carbocycles. The van der Waals surface area contributed by atoms with E-state index in [4.69, 9.17) is 9.73 Å². The van der Waals surface area contributed by atoms with E-state index in [1.165, 1.54) is 11.1 Å². The van der Waals surface area contributed by atoms with E-state index in [1.54, 1.807) is 0 Å². The third-order valence-electron chi connectivity index (χ3n) is 5.00. The monoisotopic (exact) mass is 380 g/mol. The van der Waals surface area contributed by atoms with Gasteiger partial charge in [0, 0.05) is 38.6 Å². The molecule has 1 heterocycles. The number of guanidine groups is 1. The largest absolute Gasteiger partial charge is 0.379 e. The van der Waals surface area contributed by atoms with Crippen LogP contribution in [-0.4, -0.2) is 63.3 Å². The molecule has 0 aromatic heterocycles. The van der Waals surface area contributed by atoms with Gasteiger partial charge >= 0.3 is 0 Å². The number of benzene rings is 2. The van der Waals surface area contributed by atoms with Gasteiger partial charge in [0.05, 0.1) is 19.8 Å². The number of nitrogens with zero attached hydrogens (tertiary/aromatic N) is 2. The van der Waals surface area contributed by atoms with Crippen LogP contribution in [0.4, 0.5) is 0 Å². The van der Waals surface area contributed by atoms with Crippen molar-refractivity contribution in [2.45, 2.75) is 12.8 Å². The maximum atomic E-state index is 5.42. The summed E-state index contributed by atoms with van der Waals surface area (Å²) < 4.78 is 5.42. The van der Waals surface area contributed by atoms with Crippen LogP contribution in [0.3, 0.4) is 0 Å². The Bertz CT molecular complexity index is 660. The number of rotatable bonds is 8. The molecule has 1 fully saturated rings. The molecule has 2 N–H and O–H groups in total. The van der Waals surface area contributed by atoms with Gasteiger partial charge in [-0.1, -0.05) is 60.7 Å². The van der Waals surface area contributed by atoms with Gasteiger partial charge in [0.2, 0.25) is 0 Å². The molecule has 0 unspecified atom stereocenters. The second-order valence-corrected chi connectivity index (χ2v) is 6.97. The summed E-state index contributed by atoms with van der Waals surface area (Å²) in [6.07, 6.45) is 0. The Balaban J connectivity index is 1.64. The van der Waals surface area contributed by atoms with Crippen LogP contribution in [0.25, 0.3) is 0 Å². The quantitative estimate of drug-likeness (QED) is 0.546. The molecular formula is C23H32N4O. The van der Waals surface area contributed by atoms with Gasteiger partial charge in [-0.3, -0.25) is 9.89 Å². The first-order valence-electron chi connectivity index (χ1n) is 10.3. The van der Waals surface area contributed by atoms with Crippen molar-refractivity contribution in [2.75, 3.05) is 52.5 Å². The van der Waals surface area contributed by atoms with E-state index >= 15 is 0 Å². The molecular weight excluding hydrogens is 348 g/mol. The lowest BCUT2D eigenvalue weighted by molar-refractivity contribution is 0.0389. The first-order valence-corrected chi connectivity index (χ1v) is 10.3. The number of nitrogens with one attached hydrogen (secondary N) is 2. The highest BCUT2D eigenvalue weighted by molar-refractivity contribution is 5.79. The second kappa shape index (κ2) is 11.5. The normalized spacial score (nSPS) is 15.6. The van der Waals surface area contributed by atoms with Crippen LogP contribution in [0, 0.1) is 0 Å². The lowest BCUT2D eigenvalue weighted by atomic mass is 9.91. The molecule has 3 rings (SSSR count). The topological polar surface area (TPSA) is 48.9 Å². The van der Waals surface area contributed by atoms with E-state index in [0.717, 1.165) is 51.9 Å². The fourth-order valence-corrected chi connectivity index (χ4v) is 3.46. The van der Waals surface area contributed by atoms with Crippen LogP contribution < -0.4 is 10.6 Å². The Morgan fingerprint density at radius 2 is 1.57 bits per heavy atom. The molecule has 1 aliphatic rings. The number of hydrogen-bond donors (Lipinski definition) is 2. The standard InChI is InChI=1S/C23H32N4O/c1-2-24-23(25-13-14-27-15-17-28-18-16-27)26-19-22(20-9-5-3-6-10-20)21-11-7-4-8-12-21/h3-12,22H,2,13-19H2,1H3,(H2,24,25,26). The van der Waals surface area contributed by atoms with Crippen molar-refractivity contribution in [2.24, 2.45) is 4.99 Å². The van der Waals surface area contributed by atoms with Crippen LogP contribution in [0.2, 0.25) is 0 Å². The van der Waals surface area contributed by atoms with Gasteiger partial charge in [-0.05, 0) is 18.1 Å². The summed E-state index contributed by atoms with van der Waals surface area (Å²) in [5, 5.41) is 6.86. The summed E-state index contributed by atoms with van der Waals surface area (Å²) >= 11 is 0. The summed E-state index contributed by atoms with van der Waals surface area (Å²) in [7, 11) is 0. The SMILES string of the molecule is CCNC(=NCC(c1ccccc1)c1ccccc1)NCCN1CCOCC1. The van der Waals surface area contributed by atoms with Crippen molar-refractivity contribution in [3.63, 3.8) is 0 Å². The number of ether oxygens (including phenoxy) is 1. The van der Waals surface area contributed by atoms with Crippen LogP contribution in [0.15, 0.2) is 65.7 Å². The smallest absolute Gasteiger partial charge is 0.191 e. The van der Waals surface area contributed by atoms with Gasteiger partial charge in [-0.2, -0.15) is 0 Å². The molecule has 0 spiro atoms. The molecule has 1 saturated heterocycles. The maximum absolute atomic E-state index is 5.42. The van der Waals surface area contributed by atoms with Gasteiger partial charge < -0.3 is 15.4 Å². The molecule has 0 atom stereocenters. The molecule has 1 aliphatic heterocycles. The van der Waals surface area contributed by atoms with Crippen LogP contribution >= 0.6 is 0 Å². The van der Waals surface area contributed by atoms with Crippen molar-refractivity contribution >= 4 is 5.96 Å². The summed E-state index contributed by atoms with van der Waals surface area (Å²) in [5.74, 6) is 1.13. The minimum atomic E-state index is 0.247. The highest BCUT2D eigenvalue weighted by Gasteiger charge is 2.14. The first kappa shape index (κ1) is 20.4. The van der Waals surface area contributed by atoms with Crippen LogP contribution in [0.5, 0.6) is 0 Å². The van der Waals surface area contributed by atoms with Gasteiger partial charge in [-0.25, -0.2) is 0 Å². The lowest BCUT2D eigenvalue weighted by Crippen LogP contribution is -2.44. The van der Waals surface area contributed by atoms with Crippen LogP contribution in [0.1, 0.15) is 24.0 Å².